The van der Waals surface area contributed by atoms with Crippen molar-refractivity contribution in [2.75, 3.05) is 0 Å². The highest BCUT2D eigenvalue weighted by Gasteiger charge is 2.16. The number of rotatable bonds is 4. The summed E-state index contributed by atoms with van der Waals surface area (Å²) >= 11 is 11.9. The van der Waals surface area contributed by atoms with Crippen molar-refractivity contribution in [1.82, 2.24) is 14.8 Å². The van der Waals surface area contributed by atoms with Gasteiger partial charge in [-0.3, -0.25) is 0 Å². The molecule has 7 heteroatoms. The molecule has 0 fully saturated rings. The van der Waals surface area contributed by atoms with E-state index in [1.807, 2.05) is 6.92 Å². The Labute approximate surface area is 119 Å². The van der Waals surface area contributed by atoms with Crippen LogP contribution in [0.25, 0.3) is 5.69 Å². The molecule has 100 valence electrons. The van der Waals surface area contributed by atoms with Crippen molar-refractivity contribution in [3.05, 3.63) is 39.9 Å². The van der Waals surface area contributed by atoms with Gasteiger partial charge in [-0.1, -0.05) is 30.1 Å². The zero-order valence-electron chi connectivity index (χ0n) is 10.1. The summed E-state index contributed by atoms with van der Waals surface area (Å²) in [7, 11) is 0. The van der Waals surface area contributed by atoms with Gasteiger partial charge in [0.05, 0.1) is 5.69 Å². The Hall–Kier alpha value is -1.59. The largest absolute Gasteiger partial charge is 0.475 e. The standard InChI is InChI=1S/C12H11Cl2N3O2/c1-2-3-10-15-11(12(18)19)16-17(10)9-5-7(13)4-8(14)6-9/h4-6H,2-3H2,1H3,(H,18,19). The lowest BCUT2D eigenvalue weighted by Gasteiger charge is -2.06. The molecule has 1 aromatic heterocycles. The van der Waals surface area contributed by atoms with E-state index in [9.17, 15) is 4.79 Å². The van der Waals surface area contributed by atoms with Crippen LogP contribution in [0, 0.1) is 0 Å². The Morgan fingerprint density at radius 3 is 2.47 bits per heavy atom. The van der Waals surface area contributed by atoms with E-state index >= 15 is 0 Å². The average molecular weight is 300 g/mol. The van der Waals surface area contributed by atoms with E-state index in [1.54, 1.807) is 18.2 Å². The molecular formula is C12H11Cl2N3O2. The number of nitrogens with zero attached hydrogens (tertiary/aromatic N) is 3. The molecule has 19 heavy (non-hydrogen) atoms. The summed E-state index contributed by atoms with van der Waals surface area (Å²) < 4.78 is 1.46. The van der Waals surface area contributed by atoms with E-state index < -0.39 is 5.97 Å². The SMILES string of the molecule is CCCc1nc(C(=O)O)nn1-c1cc(Cl)cc(Cl)c1. The van der Waals surface area contributed by atoms with Gasteiger partial charge >= 0.3 is 5.97 Å². The van der Waals surface area contributed by atoms with Crippen molar-refractivity contribution in [1.29, 1.82) is 0 Å². The van der Waals surface area contributed by atoms with Crippen LogP contribution in [-0.4, -0.2) is 25.8 Å². The molecule has 2 rings (SSSR count). The molecule has 1 aromatic carbocycles. The summed E-state index contributed by atoms with van der Waals surface area (Å²) in [5, 5.41) is 13.8. The monoisotopic (exact) mass is 299 g/mol. The van der Waals surface area contributed by atoms with E-state index in [2.05, 4.69) is 10.1 Å². The number of benzene rings is 1. The van der Waals surface area contributed by atoms with Crippen LogP contribution in [0.15, 0.2) is 18.2 Å². The Bertz CT molecular complexity index is 605. The second kappa shape index (κ2) is 5.59. The van der Waals surface area contributed by atoms with Crippen LogP contribution >= 0.6 is 23.2 Å². The molecular weight excluding hydrogens is 289 g/mol. The minimum absolute atomic E-state index is 0.237. The van der Waals surface area contributed by atoms with E-state index in [0.717, 1.165) is 6.42 Å². The van der Waals surface area contributed by atoms with E-state index in [1.165, 1.54) is 4.68 Å². The Morgan fingerprint density at radius 2 is 1.95 bits per heavy atom. The lowest BCUT2D eigenvalue weighted by atomic mass is 10.3. The third-order valence-corrected chi connectivity index (χ3v) is 2.87. The van der Waals surface area contributed by atoms with Crippen LogP contribution in [0.5, 0.6) is 0 Å². The van der Waals surface area contributed by atoms with E-state index in [-0.39, 0.29) is 5.82 Å². The first-order valence-corrected chi connectivity index (χ1v) is 6.42. The number of aryl methyl sites for hydroxylation is 1. The quantitative estimate of drug-likeness (QED) is 0.941. The first-order chi connectivity index (χ1) is 9.01. The van der Waals surface area contributed by atoms with Crippen molar-refractivity contribution in [3.8, 4) is 5.69 Å². The zero-order chi connectivity index (χ0) is 14.0. The van der Waals surface area contributed by atoms with Gasteiger partial charge < -0.3 is 5.11 Å². The van der Waals surface area contributed by atoms with Crippen molar-refractivity contribution in [3.63, 3.8) is 0 Å². The van der Waals surface area contributed by atoms with Gasteiger partial charge in [0.2, 0.25) is 0 Å². The fraction of sp³-hybridized carbons (Fsp3) is 0.250. The van der Waals surface area contributed by atoms with Gasteiger partial charge in [0.1, 0.15) is 5.82 Å². The molecule has 0 spiro atoms. The Balaban J connectivity index is 2.55. The van der Waals surface area contributed by atoms with Crippen LogP contribution in [0.4, 0.5) is 0 Å². The lowest BCUT2D eigenvalue weighted by molar-refractivity contribution is 0.0683. The minimum Gasteiger partial charge on any atom is -0.475 e. The van der Waals surface area contributed by atoms with E-state index in [4.69, 9.17) is 28.3 Å². The van der Waals surface area contributed by atoms with Crippen molar-refractivity contribution in [2.45, 2.75) is 19.8 Å². The van der Waals surface area contributed by atoms with Gasteiger partial charge in [0.15, 0.2) is 0 Å². The topological polar surface area (TPSA) is 68.0 Å². The molecule has 0 radical (unpaired) electrons. The van der Waals surface area contributed by atoms with Gasteiger partial charge in [-0.05, 0) is 24.6 Å². The fourth-order valence-corrected chi connectivity index (χ4v) is 2.20. The van der Waals surface area contributed by atoms with Crippen LogP contribution < -0.4 is 0 Å². The van der Waals surface area contributed by atoms with Gasteiger partial charge in [-0.25, -0.2) is 14.5 Å². The summed E-state index contributed by atoms with van der Waals surface area (Å²) in [5.74, 6) is -0.831. The molecule has 0 bridgehead atoms. The number of hydrogen-bond donors (Lipinski definition) is 1. The first-order valence-electron chi connectivity index (χ1n) is 5.67. The molecule has 0 unspecified atom stereocenters. The zero-order valence-corrected chi connectivity index (χ0v) is 11.6. The number of aromatic carboxylic acids is 1. The van der Waals surface area contributed by atoms with Crippen LogP contribution in [0.3, 0.4) is 0 Å². The molecule has 1 heterocycles. The van der Waals surface area contributed by atoms with Crippen LogP contribution in [0.1, 0.15) is 29.8 Å². The minimum atomic E-state index is -1.16. The lowest BCUT2D eigenvalue weighted by Crippen LogP contribution is -2.04. The van der Waals surface area contributed by atoms with E-state index in [0.29, 0.717) is 28.0 Å². The molecule has 0 aliphatic carbocycles. The third-order valence-electron chi connectivity index (χ3n) is 2.43. The third kappa shape index (κ3) is 3.05. The maximum atomic E-state index is 10.9. The van der Waals surface area contributed by atoms with Crippen molar-refractivity contribution < 1.29 is 9.90 Å². The number of carboxylic acids is 1. The van der Waals surface area contributed by atoms with Gasteiger partial charge in [0.25, 0.3) is 5.82 Å². The predicted octanol–water partition coefficient (Wildman–Crippen LogP) is 3.22. The predicted molar refractivity (Wildman–Crippen MR) is 72.3 cm³/mol. The summed E-state index contributed by atoms with van der Waals surface area (Å²) in [6, 6.07) is 4.92. The summed E-state index contributed by atoms with van der Waals surface area (Å²) in [6.45, 7) is 1.98. The van der Waals surface area contributed by atoms with Crippen molar-refractivity contribution >= 4 is 29.2 Å². The number of halogens is 2. The summed E-state index contributed by atoms with van der Waals surface area (Å²) in [5.41, 5.74) is 0.598. The Kier molecular flexibility index (Phi) is 4.07. The van der Waals surface area contributed by atoms with Gasteiger partial charge in [0, 0.05) is 16.5 Å². The molecule has 5 nitrogen and oxygen atoms in total. The summed E-state index contributed by atoms with van der Waals surface area (Å²) in [4.78, 5) is 14.9. The highest BCUT2D eigenvalue weighted by atomic mass is 35.5. The Morgan fingerprint density at radius 1 is 1.32 bits per heavy atom. The van der Waals surface area contributed by atoms with Crippen molar-refractivity contribution in [2.24, 2.45) is 0 Å². The van der Waals surface area contributed by atoms with Gasteiger partial charge in [-0.15, -0.1) is 5.10 Å². The maximum absolute atomic E-state index is 10.9. The number of hydrogen-bond acceptors (Lipinski definition) is 3. The molecule has 0 aliphatic heterocycles. The highest BCUT2D eigenvalue weighted by Crippen LogP contribution is 2.22. The molecule has 0 atom stereocenters. The number of aromatic nitrogens is 3. The summed E-state index contributed by atoms with van der Waals surface area (Å²) in [6.07, 6.45) is 1.44. The molecule has 0 aliphatic rings. The highest BCUT2D eigenvalue weighted by molar-refractivity contribution is 6.34. The number of carbonyl (C=O) groups is 1. The number of carboxylic acid groups (broad SMARTS) is 1. The molecule has 0 amide bonds. The molecule has 0 saturated heterocycles. The second-order valence-corrected chi connectivity index (χ2v) is 4.82. The smallest absolute Gasteiger partial charge is 0.375 e. The maximum Gasteiger partial charge on any atom is 0.375 e. The van der Waals surface area contributed by atoms with Gasteiger partial charge in [-0.2, -0.15) is 0 Å². The first kappa shape index (κ1) is 13.8. The second-order valence-electron chi connectivity index (χ2n) is 3.95. The van der Waals surface area contributed by atoms with Crippen LogP contribution in [-0.2, 0) is 6.42 Å². The molecule has 1 N–H and O–H groups in total. The fourth-order valence-electron chi connectivity index (χ4n) is 1.69. The molecule has 2 aromatic rings. The molecule has 0 saturated carbocycles. The van der Waals surface area contributed by atoms with Crippen LogP contribution in [0.2, 0.25) is 10.0 Å². The average Bonchev–Trinajstić information content (AvgIpc) is 2.72. The normalized spacial score (nSPS) is 10.7.